The molecule has 1 heterocycles. The van der Waals surface area contributed by atoms with Crippen LogP contribution in [0.5, 0.6) is 5.75 Å². The summed E-state index contributed by atoms with van der Waals surface area (Å²) in [5.74, 6) is 0.607. The minimum absolute atomic E-state index is 0. The number of ether oxygens (including phenoxy) is 1. The molecule has 0 saturated heterocycles. The Labute approximate surface area is 129 Å². The lowest BCUT2D eigenvalue weighted by molar-refractivity contribution is 0.285. The van der Waals surface area contributed by atoms with Gasteiger partial charge in [-0.25, -0.2) is 4.39 Å². The quantitative estimate of drug-likeness (QED) is 0.892. The molecule has 0 bridgehead atoms. The average molecular weight is 312 g/mol. The van der Waals surface area contributed by atoms with E-state index in [4.69, 9.17) is 10.5 Å². The molecule has 6 heteroatoms. The molecular weight excluding hydrogens is 293 g/mol. The third kappa shape index (κ3) is 3.95. The molecule has 2 aromatic rings. The van der Waals surface area contributed by atoms with Crippen molar-refractivity contribution in [2.24, 2.45) is 11.7 Å². The summed E-state index contributed by atoms with van der Waals surface area (Å²) in [6.07, 6.45) is 6.04. The molecule has 114 valence electrons. The van der Waals surface area contributed by atoms with Gasteiger partial charge in [0.05, 0.1) is 19.3 Å². The second-order valence-electron chi connectivity index (χ2n) is 5.18. The highest BCUT2D eigenvalue weighted by molar-refractivity contribution is 5.85. The lowest BCUT2D eigenvalue weighted by Crippen LogP contribution is -2.09. The Balaban J connectivity index is 0.00000161. The maximum Gasteiger partial charge on any atom is 0.165 e. The van der Waals surface area contributed by atoms with Crippen LogP contribution >= 0.6 is 12.4 Å². The van der Waals surface area contributed by atoms with E-state index in [0.29, 0.717) is 31.4 Å². The fourth-order valence-electron chi connectivity index (χ4n) is 2.05. The van der Waals surface area contributed by atoms with Crippen LogP contribution in [0.4, 0.5) is 4.39 Å². The van der Waals surface area contributed by atoms with Crippen molar-refractivity contribution in [2.75, 3.05) is 13.2 Å². The van der Waals surface area contributed by atoms with Crippen molar-refractivity contribution in [2.45, 2.75) is 19.4 Å². The van der Waals surface area contributed by atoms with Gasteiger partial charge < -0.3 is 10.5 Å². The summed E-state index contributed by atoms with van der Waals surface area (Å²) in [4.78, 5) is 0. The SMILES string of the molecule is Cl.NCCn1cc(-c2ccc(F)c(OCC3CC3)c2)cn1. The van der Waals surface area contributed by atoms with E-state index in [1.54, 1.807) is 23.0 Å². The van der Waals surface area contributed by atoms with Gasteiger partial charge in [0.25, 0.3) is 0 Å². The molecule has 1 fully saturated rings. The smallest absolute Gasteiger partial charge is 0.165 e. The van der Waals surface area contributed by atoms with Gasteiger partial charge in [0.1, 0.15) is 0 Å². The maximum absolute atomic E-state index is 13.7. The fraction of sp³-hybridized carbons (Fsp3) is 0.400. The molecule has 1 saturated carbocycles. The highest BCUT2D eigenvalue weighted by Crippen LogP contribution is 2.31. The summed E-state index contributed by atoms with van der Waals surface area (Å²) >= 11 is 0. The van der Waals surface area contributed by atoms with Crippen LogP contribution in [-0.4, -0.2) is 22.9 Å². The van der Waals surface area contributed by atoms with Crippen LogP contribution in [0.15, 0.2) is 30.6 Å². The molecule has 21 heavy (non-hydrogen) atoms. The average Bonchev–Trinajstić information content (AvgIpc) is 3.16. The Morgan fingerprint density at radius 1 is 1.33 bits per heavy atom. The second-order valence-corrected chi connectivity index (χ2v) is 5.18. The number of halogens is 2. The van der Waals surface area contributed by atoms with E-state index in [9.17, 15) is 4.39 Å². The zero-order chi connectivity index (χ0) is 13.9. The lowest BCUT2D eigenvalue weighted by atomic mass is 10.1. The van der Waals surface area contributed by atoms with Crippen molar-refractivity contribution in [3.05, 3.63) is 36.4 Å². The van der Waals surface area contributed by atoms with Gasteiger partial charge in [0, 0.05) is 18.3 Å². The molecule has 0 radical (unpaired) electrons. The number of aromatic nitrogens is 2. The van der Waals surface area contributed by atoms with E-state index in [-0.39, 0.29) is 18.2 Å². The predicted molar refractivity (Wildman–Crippen MR) is 82.1 cm³/mol. The molecule has 1 aromatic carbocycles. The number of nitrogens with two attached hydrogens (primary N) is 1. The molecule has 0 unspecified atom stereocenters. The van der Waals surface area contributed by atoms with Crippen LogP contribution < -0.4 is 10.5 Å². The van der Waals surface area contributed by atoms with Crippen molar-refractivity contribution >= 4 is 12.4 Å². The Morgan fingerprint density at radius 2 is 2.14 bits per heavy atom. The zero-order valence-corrected chi connectivity index (χ0v) is 12.5. The standard InChI is InChI=1S/C15H18FN3O.ClH/c16-14-4-3-12(7-15(14)20-10-11-1-2-11)13-8-18-19(9-13)6-5-17;/h3-4,7-9,11H,1-2,5-6,10,17H2;1H. The van der Waals surface area contributed by atoms with Crippen molar-refractivity contribution in [1.82, 2.24) is 9.78 Å². The van der Waals surface area contributed by atoms with Gasteiger partial charge in [-0.15, -0.1) is 12.4 Å². The molecule has 2 N–H and O–H groups in total. The first-order valence-corrected chi connectivity index (χ1v) is 6.91. The van der Waals surface area contributed by atoms with E-state index in [1.807, 2.05) is 6.20 Å². The van der Waals surface area contributed by atoms with Crippen molar-refractivity contribution in [3.63, 3.8) is 0 Å². The molecule has 3 rings (SSSR count). The first-order valence-electron chi connectivity index (χ1n) is 6.91. The van der Waals surface area contributed by atoms with Crippen LogP contribution in [-0.2, 0) is 6.54 Å². The van der Waals surface area contributed by atoms with Gasteiger partial charge in [-0.05, 0) is 36.5 Å². The van der Waals surface area contributed by atoms with Crippen molar-refractivity contribution in [1.29, 1.82) is 0 Å². The fourth-order valence-corrected chi connectivity index (χ4v) is 2.05. The summed E-state index contributed by atoms with van der Waals surface area (Å²) in [5.41, 5.74) is 7.34. The first-order chi connectivity index (χ1) is 9.76. The van der Waals surface area contributed by atoms with Crippen LogP contribution in [0.1, 0.15) is 12.8 Å². The normalized spacial score (nSPS) is 13.8. The van der Waals surface area contributed by atoms with E-state index in [0.717, 1.165) is 11.1 Å². The van der Waals surface area contributed by atoms with E-state index >= 15 is 0 Å². The molecule has 1 aliphatic rings. The highest BCUT2D eigenvalue weighted by Gasteiger charge is 2.22. The molecule has 0 spiro atoms. The summed E-state index contributed by atoms with van der Waals surface area (Å²) in [7, 11) is 0. The number of nitrogens with zero attached hydrogens (tertiary/aromatic N) is 2. The summed E-state index contributed by atoms with van der Waals surface area (Å²) < 4.78 is 21.1. The van der Waals surface area contributed by atoms with Gasteiger partial charge >= 0.3 is 0 Å². The van der Waals surface area contributed by atoms with Gasteiger partial charge in [-0.3, -0.25) is 4.68 Å². The van der Waals surface area contributed by atoms with Crippen molar-refractivity contribution < 1.29 is 9.13 Å². The van der Waals surface area contributed by atoms with E-state index in [2.05, 4.69) is 5.10 Å². The third-order valence-corrected chi connectivity index (χ3v) is 3.43. The minimum atomic E-state index is -0.316. The molecule has 0 aliphatic heterocycles. The van der Waals surface area contributed by atoms with Gasteiger partial charge in [-0.1, -0.05) is 6.07 Å². The Kier molecular flexibility index (Phi) is 5.20. The summed E-state index contributed by atoms with van der Waals surface area (Å²) in [6, 6.07) is 4.92. The molecular formula is C15H19ClFN3O. The highest BCUT2D eigenvalue weighted by atomic mass is 35.5. The zero-order valence-electron chi connectivity index (χ0n) is 11.7. The number of hydrogen-bond acceptors (Lipinski definition) is 3. The van der Waals surface area contributed by atoms with Crippen molar-refractivity contribution in [3.8, 4) is 16.9 Å². The molecule has 0 amide bonds. The number of benzene rings is 1. The first kappa shape index (κ1) is 15.8. The predicted octanol–water partition coefficient (Wildman–Crippen LogP) is 2.86. The number of rotatable bonds is 6. The maximum atomic E-state index is 13.7. The Hall–Kier alpha value is -1.59. The molecule has 4 nitrogen and oxygen atoms in total. The van der Waals surface area contributed by atoms with E-state index in [1.165, 1.54) is 18.9 Å². The lowest BCUT2D eigenvalue weighted by Gasteiger charge is -2.08. The second kappa shape index (κ2) is 6.91. The molecule has 1 aromatic heterocycles. The van der Waals surface area contributed by atoms with Gasteiger partial charge in [0.2, 0.25) is 0 Å². The van der Waals surface area contributed by atoms with Crippen LogP contribution in [0.3, 0.4) is 0 Å². The van der Waals surface area contributed by atoms with Gasteiger partial charge in [-0.2, -0.15) is 5.10 Å². The van der Waals surface area contributed by atoms with E-state index < -0.39 is 0 Å². The van der Waals surface area contributed by atoms with Crippen LogP contribution in [0, 0.1) is 11.7 Å². The Bertz CT molecular complexity index is 598. The molecule has 0 atom stereocenters. The Morgan fingerprint density at radius 3 is 2.86 bits per heavy atom. The minimum Gasteiger partial charge on any atom is -0.490 e. The molecule has 1 aliphatic carbocycles. The summed E-state index contributed by atoms with van der Waals surface area (Å²) in [6.45, 7) is 1.82. The largest absolute Gasteiger partial charge is 0.490 e. The monoisotopic (exact) mass is 311 g/mol. The van der Waals surface area contributed by atoms with Crippen LogP contribution in [0.25, 0.3) is 11.1 Å². The van der Waals surface area contributed by atoms with Gasteiger partial charge in [0.15, 0.2) is 11.6 Å². The van der Waals surface area contributed by atoms with Crippen LogP contribution in [0.2, 0.25) is 0 Å². The topological polar surface area (TPSA) is 53.1 Å². The third-order valence-electron chi connectivity index (χ3n) is 3.43. The number of hydrogen-bond donors (Lipinski definition) is 1. The summed E-state index contributed by atoms with van der Waals surface area (Å²) in [5, 5.41) is 4.22.